The summed E-state index contributed by atoms with van der Waals surface area (Å²) in [5.41, 5.74) is 0. The molecule has 13 nitrogen and oxygen atoms in total. The summed E-state index contributed by atoms with van der Waals surface area (Å²) in [5.74, 6) is -2.99. The van der Waals surface area contributed by atoms with E-state index in [1.54, 1.807) is 0 Å². The summed E-state index contributed by atoms with van der Waals surface area (Å²) >= 11 is 0. The van der Waals surface area contributed by atoms with Crippen molar-refractivity contribution in [2.45, 2.75) is 12.1 Å². The van der Waals surface area contributed by atoms with E-state index in [0.717, 1.165) is 0 Å². The Morgan fingerprint density at radius 1 is 0.655 bits per heavy atom. The third-order valence-corrected chi connectivity index (χ3v) is 3.39. The van der Waals surface area contributed by atoms with E-state index in [9.17, 15) is 29.4 Å². The van der Waals surface area contributed by atoms with Gasteiger partial charge in [-0.05, 0) is 0 Å². The number of cyclic esters (lactones) is 2. The van der Waals surface area contributed by atoms with E-state index in [1.165, 1.54) is 0 Å². The molecule has 0 aromatic rings. The van der Waals surface area contributed by atoms with Crippen molar-refractivity contribution in [2.24, 2.45) is 0 Å². The highest BCUT2D eigenvalue weighted by atomic mass is 16.6. The minimum Gasteiger partial charge on any atom is -0.462 e. The lowest BCUT2D eigenvalue weighted by Gasteiger charge is -2.15. The van der Waals surface area contributed by atoms with Gasteiger partial charge in [0.2, 0.25) is 11.8 Å². The molecule has 0 aliphatic carbocycles. The highest BCUT2D eigenvalue weighted by Crippen LogP contribution is 1.93. The Morgan fingerprint density at radius 3 is 1.41 bits per heavy atom. The number of amides is 2. The van der Waals surface area contributed by atoms with Gasteiger partial charge in [-0.1, -0.05) is 0 Å². The first kappa shape index (κ1) is 24.7. The van der Waals surface area contributed by atoms with Crippen molar-refractivity contribution in [3.8, 4) is 0 Å². The van der Waals surface area contributed by atoms with Crippen molar-refractivity contribution < 1.29 is 53.1 Å². The summed E-state index contributed by atoms with van der Waals surface area (Å²) in [4.78, 5) is 47.0. The van der Waals surface area contributed by atoms with Crippen molar-refractivity contribution >= 4 is 23.8 Å². The van der Waals surface area contributed by atoms with E-state index in [0.29, 0.717) is 0 Å². The lowest BCUT2D eigenvalue weighted by molar-refractivity contribution is -0.152. The molecule has 29 heavy (non-hydrogen) atoms. The van der Waals surface area contributed by atoms with Crippen LogP contribution < -0.4 is 10.6 Å². The zero-order valence-electron chi connectivity index (χ0n) is 15.8. The largest absolute Gasteiger partial charge is 0.462 e. The Labute approximate surface area is 166 Å². The van der Waals surface area contributed by atoms with Crippen molar-refractivity contribution in [2.75, 3.05) is 66.1 Å². The number of rotatable bonds is 2. The average Bonchev–Trinajstić information content (AvgIpc) is 2.70. The smallest absolute Gasteiger partial charge is 0.331 e. The number of carbonyl (C=O) groups excluding carboxylic acids is 4. The van der Waals surface area contributed by atoms with Crippen LogP contribution in [0.2, 0.25) is 0 Å². The summed E-state index contributed by atoms with van der Waals surface area (Å²) in [6.07, 6.45) is 0. The monoisotopic (exact) mass is 422 g/mol. The lowest BCUT2D eigenvalue weighted by atomic mass is 10.3. The summed E-state index contributed by atoms with van der Waals surface area (Å²) in [7, 11) is 0. The van der Waals surface area contributed by atoms with Crippen molar-refractivity contribution in [3.05, 3.63) is 0 Å². The highest BCUT2D eigenvalue weighted by Gasteiger charge is 2.22. The minimum atomic E-state index is -1.25. The van der Waals surface area contributed by atoms with E-state index in [1.807, 2.05) is 0 Å². The minimum absolute atomic E-state index is 0.0179. The van der Waals surface area contributed by atoms with Crippen LogP contribution >= 0.6 is 0 Å². The first-order valence-corrected chi connectivity index (χ1v) is 8.84. The molecular weight excluding hydrogens is 396 g/mol. The van der Waals surface area contributed by atoms with Gasteiger partial charge in [-0.2, -0.15) is 0 Å². The molecule has 2 amide bonds. The van der Waals surface area contributed by atoms with Crippen molar-refractivity contribution in [1.82, 2.24) is 10.6 Å². The van der Waals surface area contributed by atoms with Crippen molar-refractivity contribution in [1.29, 1.82) is 0 Å². The van der Waals surface area contributed by atoms with Gasteiger partial charge in [0.05, 0.1) is 39.6 Å². The van der Waals surface area contributed by atoms with Crippen LogP contribution in [-0.2, 0) is 42.9 Å². The first-order valence-electron chi connectivity index (χ1n) is 8.84. The SMILES string of the molecule is O=C1COCCOCC(=O)N[C@H](CO)C(=O)OCCOCCOC(=O)[C@H](CO)N1. The van der Waals surface area contributed by atoms with Gasteiger partial charge in [0.1, 0.15) is 26.4 Å². The van der Waals surface area contributed by atoms with Crippen LogP contribution in [0.5, 0.6) is 0 Å². The average molecular weight is 422 g/mol. The zero-order chi connectivity index (χ0) is 21.5. The van der Waals surface area contributed by atoms with Gasteiger partial charge in [0, 0.05) is 0 Å². The Bertz CT molecular complexity index is 497. The molecular formula is C16H26N2O11. The number of carbonyl (C=O) groups is 4. The number of aliphatic hydroxyl groups is 2. The molecule has 0 spiro atoms. The van der Waals surface area contributed by atoms with Crippen LogP contribution in [0.4, 0.5) is 0 Å². The number of ether oxygens (including phenoxy) is 5. The Kier molecular flexibility index (Phi) is 12.5. The molecule has 1 saturated heterocycles. The van der Waals surface area contributed by atoms with Gasteiger partial charge in [-0.15, -0.1) is 0 Å². The third kappa shape index (κ3) is 10.7. The quantitative estimate of drug-likeness (QED) is 0.320. The molecule has 1 aliphatic rings. The Hall–Kier alpha value is -2.32. The molecule has 0 radical (unpaired) electrons. The van der Waals surface area contributed by atoms with Gasteiger partial charge in [-0.3, -0.25) is 9.59 Å². The molecule has 1 heterocycles. The fourth-order valence-corrected chi connectivity index (χ4v) is 1.98. The number of aliphatic hydroxyl groups excluding tert-OH is 2. The van der Waals surface area contributed by atoms with Gasteiger partial charge in [0.25, 0.3) is 0 Å². The Balaban J connectivity index is 2.57. The van der Waals surface area contributed by atoms with E-state index in [4.69, 9.17) is 23.7 Å². The fraction of sp³-hybridized carbons (Fsp3) is 0.750. The second kappa shape index (κ2) is 14.6. The summed E-state index contributed by atoms with van der Waals surface area (Å²) in [5, 5.41) is 22.9. The molecule has 166 valence electrons. The number of hydrogen-bond donors (Lipinski definition) is 4. The van der Waals surface area contributed by atoms with E-state index in [-0.39, 0.29) is 39.6 Å². The molecule has 0 aromatic heterocycles. The summed E-state index contributed by atoms with van der Waals surface area (Å²) in [6, 6.07) is -2.51. The standard InChI is InChI=1S/C16H26N2O11/c19-7-11-15(23)28-5-3-25-4-6-29-16(24)12(8-20)18-14(22)10-27-2-1-26-9-13(21)17-11/h11-12,19-20H,1-10H2,(H,17,21)(H,18,22)/t11-,12+. The van der Waals surface area contributed by atoms with Crippen molar-refractivity contribution in [3.63, 3.8) is 0 Å². The maximum absolute atomic E-state index is 11.8. The molecule has 0 bridgehead atoms. The molecule has 13 heteroatoms. The zero-order valence-corrected chi connectivity index (χ0v) is 15.8. The maximum Gasteiger partial charge on any atom is 0.331 e. The molecule has 0 aromatic carbocycles. The molecule has 1 fully saturated rings. The predicted octanol–water partition coefficient (Wildman–Crippen LogP) is -3.91. The van der Waals surface area contributed by atoms with Crippen LogP contribution in [0.3, 0.4) is 0 Å². The molecule has 2 atom stereocenters. The summed E-state index contributed by atoms with van der Waals surface area (Å²) < 4.78 is 24.9. The predicted molar refractivity (Wildman–Crippen MR) is 92.4 cm³/mol. The van der Waals surface area contributed by atoms with E-state index >= 15 is 0 Å². The molecule has 0 unspecified atom stereocenters. The second-order valence-electron chi connectivity index (χ2n) is 5.66. The molecule has 1 rings (SSSR count). The molecule has 1 aliphatic heterocycles. The molecule has 0 saturated carbocycles. The van der Waals surface area contributed by atoms with Crippen LogP contribution in [-0.4, -0.2) is 112 Å². The number of esters is 2. The third-order valence-electron chi connectivity index (χ3n) is 3.39. The van der Waals surface area contributed by atoms with Gasteiger partial charge in [0.15, 0.2) is 12.1 Å². The van der Waals surface area contributed by atoms with Crippen LogP contribution in [0.1, 0.15) is 0 Å². The number of hydrogen-bond acceptors (Lipinski definition) is 11. The molecule has 4 N–H and O–H groups in total. The number of nitrogens with one attached hydrogen (secondary N) is 2. The van der Waals surface area contributed by atoms with Crippen LogP contribution in [0.25, 0.3) is 0 Å². The van der Waals surface area contributed by atoms with Crippen LogP contribution in [0.15, 0.2) is 0 Å². The summed E-state index contributed by atoms with van der Waals surface area (Å²) in [6.45, 7) is -2.52. The Morgan fingerprint density at radius 2 is 1.03 bits per heavy atom. The maximum atomic E-state index is 11.8. The second-order valence-corrected chi connectivity index (χ2v) is 5.66. The van der Waals surface area contributed by atoms with E-state index in [2.05, 4.69) is 10.6 Å². The lowest BCUT2D eigenvalue weighted by Crippen LogP contribution is -2.46. The van der Waals surface area contributed by atoms with E-state index < -0.39 is 62.3 Å². The first-order chi connectivity index (χ1) is 14.0. The topological polar surface area (TPSA) is 179 Å². The van der Waals surface area contributed by atoms with Gasteiger partial charge < -0.3 is 44.5 Å². The van der Waals surface area contributed by atoms with Gasteiger partial charge >= 0.3 is 11.9 Å². The fourth-order valence-electron chi connectivity index (χ4n) is 1.98. The van der Waals surface area contributed by atoms with Crippen LogP contribution in [0, 0.1) is 0 Å². The van der Waals surface area contributed by atoms with Gasteiger partial charge in [-0.25, -0.2) is 9.59 Å². The normalized spacial score (nSPS) is 25.0. The highest BCUT2D eigenvalue weighted by molar-refractivity contribution is 5.85.